The highest BCUT2D eigenvalue weighted by Gasteiger charge is 2.27. The summed E-state index contributed by atoms with van der Waals surface area (Å²) in [6.45, 7) is 3.73. The Balaban J connectivity index is 4.24. The van der Waals surface area contributed by atoms with Crippen LogP contribution in [0.5, 0.6) is 0 Å². The van der Waals surface area contributed by atoms with Crippen molar-refractivity contribution in [1.29, 1.82) is 0 Å². The van der Waals surface area contributed by atoms with Crippen LogP contribution in [0, 0.1) is 0 Å². The van der Waals surface area contributed by atoms with Crippen LogP contribution < -0.4 is 5.73 Å². The Morgan fingerprint density at radius 1 is 0.611 bits per heavy atom. The quantitative estimate of drug-likeness (QED) is 0.0236. The second-order valence-corrected chi connectivity index (χ2v) is 15.9. The summed E-state index contributed by atoms with van der Waals surface area (Å²) in [5, 5.41) is 8.89. The average molecular weight is 786 g/mol. The summed E-state index contributed by atoms with van der Waals surface area (Å²) in [5.41, 5.74) is 5.35. The Hall–Kier alpha value is -1.81. The summed E-state index contributed by atoms with van der Waals surface area (Å²) in [6, 6.07) is -1.48. The van der Waals surface area contributed by atoms with Gasteiger partial charge in [-0.15, -0.1) is 0 Å². The van der Waals surface area contributed by atoms with Crippen molar-refractivity contribution in [2.45, 2.75) is 199 Å². The van der Waals surface area contributed by atoms with E-state index in [4.69, 9.17) is 29.4 Å². The Morgan fingerprint density at radius 3 is 1.61 bits per heavy atom. The number of ether oxygens (including phenoxy) is 2. The van der Waals surface area contributed by atoms with Crippen molar-refractivity contribution in [3.05, 3.63) is 36.5 Å². The third kappa shape index (κ3) is 38.5. The van der Waals surface area contributed by atoms with Gasteiger partial charge in [-0.1, -0.05) is 172 Å². The number of hydrogen-bond donors (Lipinski definition) is 3. The lowest BCUT2D eigenvalue weighted by Gasteiger charge is -2.20. The Labute approximate surface area is 329 Å². The monoisotopic (exact) mass is 786 g/mol. The highest BCUT2D eigenvalue weighted by Crippen LogP contribution is 2.43. The first-order chi connectivity index (χ1) is 26.2. The molecule has 0 heterocycles. The summed E-state index contributed by atoms with van der Waals surface area (Å²) < 4.78 is 33.3. The molecule has 11 heteroatoms. The van der Waals surface area contributed by atoms with Gasteiger partial charge < -0.3 is 25.2 Å². The molecule has 0 rings (SSSR count). The van der Waals surface area contributed by atoms with E-state index in [2.05, 4.69) is 50.3 Å². The van der Waals surface area contributed by atoms with Gasteiger partial charge in [0.25, 0.3) is 0 Å². The minimum Gasteiger partial charge on any atom is -0.480 e. The number of phosphoric acid groups is 1. The molecule has 3 unspecified atom stereocenters. The minimum absolute atomic E-state index is 0.00396. The van der Waals surface area contributed by atoms with E-state index in [-0.39, 0.29) is 13.0 Å². The molecule has 0 aliphatic carbocycles. The molecule has 10 nitrogen and oxygen atoms in total. The van der Waals surface area contributed by atoms with E-state index in [1.165, 1.54) is 96.3 Å². The molecule has 54 heavy (non-hydrogen) atoms. The SMILES string of the molecule is CC/C=C\C/C=C\C/C=C\CCCCCCOCC(COP(=O)(O)OCC(N)C(=O)O)OC(=O)CCCCCCCCCCCCCCCCCCCC. The number of carbonyl (C=O) groups is 2. The first-order valence-corrected chi connectivity index (χ1v) is 23.0. The standard InChI is InChI=1S/C43H80NO9P/c1-3-5-7-9-11-13-15-17-19-20-21-22-23-25-27-29-31-33-35-42(45)53-40(38-51-54(48,49)52-39-41(44)43(46)47)37-50-36-34-32-30-28-26-24-18-16-14-12-10-8-6-4-2/h6,8,12,14,18,24,40-41H,3-5,7,9-11,13,15-17,19-23,25-39,44H2,1-2H3,(H,46,47)(H,48,49)/b8-6-,14-12-,24-18-. The number of esters is 1. The number of unbranched alkanes of at least 4 members (excludes halogenated alkanes) is 21. The molecule has 0 radical (unpaired) electrons. The van der Waals surface area contributed by atoms with Crippen molar-refractivity contribution in [3.8, 4) is 0 Å². The van der Waals surface area contributed by atoms with Gasteiger partial charge in [0.1, 0.15) is 12.1 Å². The fourth-order valence-corrected chi connectivity index (χ4v) is 6.63. The van der Waals surface area contributed by atoms with E-state index >= 15 is 0 Å². The van der Waals surface area contributed by atoms with Gasteiger partial charge in [0.15, 0.2) is 0 Å². The number of hydrogen-bond acceptors (Lipinski definition) is 8. The maximum atomic E-state index is 12.6. The van der Waals surface area contributed by atoms with Crippen LogP contribution in [-0.2, 0) is 32.7 Å². The van der Waals surface area contributed by atoms with Crippen molar-refractivity contribution in [2.75, 3.05) is 26.4 Å². The maximum Gasteiger partial charge on any atom is 0.472 e. The summed E-state index contributed by atoms with van der Waals surface area (Å²) >= 11 is 0. The normalized spacial score (nSPS) is 14.3. The largest absolute Gasteiger partial charge is 0.480 e. The summed E-state index contributed by atoms with van der Waals surface area (Å²) in [7, 11) is -4.62. The fourth-order valence-electron chi connectivity index (χ4n) is 5.85. The number of carboxylic acids is 1. The van der Waals surface area contributed by atoms with Gasteiger partial charge in [0.2, 0.25) is 0 Å². The van der Waals surface area contributed by atoms with E-state index < -0.39 is 45.1 Å². The molecule has 0 spiro atoms. The van der Waals surface area contributed by atoms with Gasteiger partial charge in [0.05, 0.1) is 19.8 Å². The van der Waals surface area contributed by atoms with Crippen LogP contribution in [0.15, 0.2) is 36.5 Å². The molecule has 0 saturated carbocycles. The highest BCUT2D eigenvalue weighted by molar-refractivity contribution is 7.47. The molecule has 0 amide bonds. The van der Waals surface area contributed by atoms with Gasteiger partial charge in [0, 0.05) is 13.0 Å². The fraction of sp³-hybridized carbons (Fsp3) is 0.814. The number of allylic oxidation sites excluding steroid dienone is 6. The molecule has 4 N–H and O–H groups in total. The predicted octanol–water partition coefficient (Wildman–Crippen LogP) is 11.7. The van der Waals surface area contributed by atoms with Crippen LogP contribution in [0.3, 0.4) is 0 Å². The molecule has 0 aliphatic rings. The number of rotatable bonds is 41. The zero-order valence-corrected chi connectivity index (χ0v) is 35.2. The van der Waals surface area contributed by atoms with Crippen molar-refractivity contribution in [1.82, 2.24) is 0 Å². The van der Waals surface area contributed by atoms with E-state index in [1.54, 1.807) is 0 Å². The van der Waals surface area contributed by atoms with Crippen LogP contribution in [0.4, 0.5) is 0 Å². The van der Waals surface area contributed by atoms with Crippen LogP contribution in [0.2, 0.25) is 0 Å². The summed E-state index contributed by atoms with van der Waals surface area (Å²) in [4.78, 5) is 33.5. The lowest BCUT2D eigenvalue weighted by atomic mass is 10.0. The number of aliphatic carboxylic acids is 1. The van der Waals surface area contributed by atoms with E-state index in [1.807, 2.05) is 0 Å². The van der Waals surface area contributed by atoms with Crippen molar-refractivity contribution in [2.24, 2.45) is 5.73 Å². The lowest BCUT2D eigenvalue weighted by molar-refractivity contribution is -0.154. The number of nitrogens with two attached hydrogens (primary N) is 1. The van der Waals surface area contributed by atoms with Gasteiger partial charge in [-0.25, -0.2) is 4.57 Å². The molecule has 0 aliphatic heterocycles. The first kappa shape index (κ1) is 52.2. The summed E-state index contributed by atoms with van der Waals surface area (Å²) in [5.74, 6) is -1.78. The molecule has 0 fully saturated rings. The lowest BCUT2D eigenvalue weighted by Crippen LogP contribution is -2.34. The number of carbonyl (C=O) groups excluding carboxylic acids is 1. The number of carboxylic acid groups (broad SMARTS) is 1. The molecular formula is C43H80NO9P. The van der Waals surface area contributed by atoms with Gasteiger partial charge in [-0.2, -0.15) is 0 Å². The van der Waals surface area contributed by atoms with Gasteiger partial charge >= 0.3 is 19.8 Å². The Bertz CT molecular complexity index is 1000. The molecule has 3 atom stereocenters. The van der Waals surface area contributed by atoms with Crippen LogP contribution in [-0.4, -0.2) is 60.5 Å². The molecule has 0 aromatic heterocycles. The molecule has 316 valence electrons. The molecule has 0 saturated heterocycles. The summed E-state index contributed by atoms with van der Waals surface area (Å²) in [6.07, 6.45) is 43.4. The van der Waals surface area contributed by atoms with Crippen LogP contribution >= 0.6 is 7.82 Å². The van der Waals surface area contributed by atoms with E-state index in [0.29, 0.717) is 13.0 Å². The third-order valence-corrected chi connectivity index (χ3v) is 10.1. The molecule has 0 aromatic rings. The first-order valence-electron chi connectivity index (χ1n) is 21.5. The van der Waals surface area contributed by atoms with E-state index in [9.17, 15) is 19.0 Å². The molecular weight excluding hydrogens is 705 g/mol. The Morgan fingerprint density at radius 2 is 1.07 bits per heavy atom. The zero-order chi connectivity index (χ0) is 39.8. The predicted molar refractivity (Wildman–Crippen MR) is 221 cm³/mol. The minimum atomic E-state index is -4.62. The second kappa shape index (κ2) is 39.4. The smallest absolute Gasteiger partial charge is 0.472 e. The highest BCUT2D eigenvalue weighted by atomic mass is 31.2. The maximum absolute atomic E-state index is 12.6. The van der Waals surface area contributed by atoms with E-state index in [0.717, 1.165) is 64.2 Å². The average Bonchev–Trinajstić information content (AvgIpc) is 3.15. The number of phosphoric ester groups is 1. The zero-order valence-electron chi connectivity index (χ0n) is 34.3. The van der Waals surface area contributed by atoms with Crippen molar-refractivity contribution in [3.63, 3.8) is 0 Å². The van der Waals surface area contributed by atoms with Crippen LogP contribution in [0.25, 0.3) is 0 Å². The third-order valence-electron chi connectivity index (χ3n) is 9.18. The second-order valence-electron chi connectivity index (χ2n) is 14.4. The van der Waals surface area contributed by atoms with Gasteiger partial charge in [-0.05, 0) is 44.9 Å². The van der Waals surface area contributed by atoms with Crippen LogP contribution in [0.1, 0.15) is 187 Å². The topological polar surface area (TPSA) is 155 Å². The molecule has 0 bridgehead atoms. The van der Waals surface area contributed by atoms with Crippen molar-refractivity contribution < 1.29 is 42.7 Å². The van der Waals surface area contributed by atoms with Gasteiger partial charge in [-0.3, -0.25) is 18.6 Å². The van der Waals surface area contributed by atoms with Crippen molar-refractivity contribution >= 4 is 19.8 Å². The Kier molecular flexibility index (Phi) is 38.1. The molecule has 0 aromatic carbocycles.